The molecule has 6 nitrogen and oxygen atoms in total. The molecule has 28 heavy (non-hydrogen) atoms. The molecule has 2 rings (SSSR count). The molecule has 0 amide bonds. The number of nitrogens with zero attached hydrogens (tertiary/aromatic N) is 1. The number of pyridine rings is 1. The van der Waals surface area contributed by atoms with Gasteiger partial charge in [0.05, 0.1) is 24.6 Å². The highest BCUT2D eigenvalue weighted by Gasteiger charge is 2.30. The zero-order chi connectivity index (χ0) is 20.7. The molecule has 1 aromatic carbocycles. The van der Waals surface area contributed by atoms with Crippen LogP contribution in [0.3, 0.4) is 0 Å². The average Bonchev–Trinajstić information content (AvgIpc) is 2.63. The summed E-state index contributed by atoms with van der Waals surface area (Å²) >= 11 is 0. The lowest BCUT2D eigenvalue weighted by atomic mass is 10.1. The van der Waals surface area contributed by atoms with Crippen molar-refractivity contribution in [1.82, 2.24) is 4.98 Å². The van der Waals surface area contributed by atoms with Crippen molar-refractivity contribution < 1.29 is 32.2 Å². The van der Waals surface area contributed by atoms with E-state index in [1.807, 2.05) is 0 Å². The Labute approximate surface area is 160 Å². The van der Waals surface area contributed by atoms with E-state index in [-0.39, 0.29) is 18.9 Å². The lowest BCUT2D eigenvalue weighted by Gasteiger charge is -2.21. The standard InChI is InChI=1S/C19H21F3N2O4/c1-3-26-18(25)10-16(23)12(2)27-14-5-7-15(8-6-14)28-17-9-4-13(11-24-17)19(20,21)22/h4-9,11-12,16H,3,10,23H2,1-2H3. The summed E-state index contributed by atoms with van der Waals surface area (Å²) in [6.07, 6.45) is -4.14. The molecule has 2 aromatic rings. The van der Waals surface area contributed by atoms with Gasteiger partial charge in [-0.25, -0.2) is 4.98 Å². The molecule has 1 aromatic heterocycles. The highest BCUT2D eigenvalue weighted by Crippen LogP contribution is 2.30. The molecule has 0 aliphatic carbocycles. The van der Waals surface area contributed by atoms with Crippen molar-refractivity contribution in [3.8, 4) is 17.4 Å². The van der Waals surface area contributed by atoms with Crippen LogP contribution in [0.2, 0.25) is 0 Å². The molecule has 1 heterocycles. The van der Waals surface area contributed by atoms with Gasteiger partial charge in [-0.05, 0) is 44.2 Å². The molecule has 2 unspecified atom stereocenters. The number of ether oxygens (including phenoxy) is 3. The van der Waals surface area contributed by atoms with Gasteiger partial charge < -0.3 is 19.9 Å². The fourth-order valence-corrected chi connectivity index (χ4v) is 2.20. The molecule has 152 valence electrons. The number of esters is 1. The first kappa shape index (κ1) is 21.5. The van der Waals surface area contributed by atoms with E-state index in [9.17, 15) is 18.0 Å². The Balaban J connectivity index is 1.91. The number of nitrogens with two attached hydrogens (primary N) is 1. The Kier molecular flexibility index (Phi) is 7.22. The van der Waals surface area contributed by atoms with Gasteiger partial charge in [-0.1, -0.05) is 0 Å². The number of halogens is 3. The summed E-state index contributed by atoms with van der Waals surface area (Å²) in [5.74, 6) is 0.521. The lowest BCUT2D eigenvalue weighted by Crippen LogP contribution is -2.38. The largest absolute Gasteiger partial charge is 0.489 e. The predicted molar refractivity (Wildman–Crippen MR) is 95.1 cm³/mol. The van der Waals surface area contributed by atoms with Crippen LogP contribution in [0.1, 0.15) is 25.8 Å². The quantitative estimate of drug-likeness (QED) is 0.678. The van der Waals surface area contributed by atoms with E-state index in [0.717, 1.165) is 12.1 Å². The smallest absolute Gasteiger partial charge is 0.417 e. The number of alkyl halides is 3. The number of carbonyl (C=O) groups excluding carboxylic acids is 1. The Morgan fingerprint density at radius 2 is 1.79 bits per heavy atom. The molecule has 0 spiro atoms. The van der Waals surface area contributed by atoms with E-state index in [2.05, 4.69) is 4.98 Å². The van der Waals surface area contributed by atoms with Crippen molar-refractivity contribution in [3.05, 3.63) is 48.2 Å². The molecule has 0 fully saturated rings. The summed E-state index contributed by atoms with van der Waals surface area (Å²) < 4.78 is 53.5. The zero-order valence-electron chi connectivity index (χ0n) is 15.4. The fraction of sp³-hybridized carbons (Fsp3) is 0.368. The van der Waals surface area contributed by atoms with Crippen molar-refractivity contribution >= 4 is 5.97 Å². The van der Waals surface area contributed by atoms with E-state index >= 15 is 0 Å². The first-order valence-corrected chi connectivity index (χ1v) is 8.58. The average molecular weight is 398 g/mol. The maximum Gasteiger partial charge on any atom is 0.417 e. The van der Waals surface area contributed by atoms with Gasteiger partial charge in [0.25, 0.3) is 0 Å². The van der Waals surface area contributed by atoms with E-state index in [0.29, 0.717) is 17.7 Å². The summed E-state index contributed by atoms with van der Waals surface area (Å²) in [4.78, 5) is 15.1. The second-order valence-electron chi connectivity index (χ2n) is 5.95. The first-order valence-electron chi connectivity index (χ1n) is 8.58. The van der Waals surface area contributed by atoms with E-state index in [1.165, 1.54) is 0 Å². The number of rotatable bonds is 8. The van der Waals surface area contributed by atoms with Crippen LogP contribution in [0.25, 0.3) is 0 Å². The van der Waals surface area contributed by atoms with Crippen LogP contribution in [0.15, 0.2) is 42.6 Å². The summed E-state index contributed by atoms with van der Waals surface area (Å²) in [6.45, 7) is 3.74. The maximum absolute atomic E-state index is 12.5. The molecular formula is C19H21F3N2O4. The van der Waals surface area contributed by atoms with Crippen molar-refractivity contribution in [2.75, 3.05) is 6.61 Å². The Morgan fingerprint density at radius 1 is 1.14 bits per heavy atom. The van der Waals surface area contributed by atoms with Crippen molar-refractivity contribution in [2.24, 2.45) is 5.73 Å². The molecule has 0 saturated carbocycles. The third-order valence-electron chi connectivity index (χ3n) is 3.74. The molecular weight excluding hydrogens is 377 g/mol. The maximum atomic E-state index is 12.5. The second-order valence-corrected chi connectivity index (χ2v) is 5.95. The van der Waals surface area contributed by atoms with Crippen LogP contribution in [-0.2, 0) is 15.7 Å². The summed E-state index contributed by atoms with van der Waals surface area (Å²) in [5.41, 5.74) is 5.08. The first-order chi connectivity index (χ1) is 13.2. The minimum atomic E-state index is -4.45. The van der Waals surface area contributed by atoms with Crippen molar-refractivity contribution in [2.45, 2.75) is 38.6 Å². The number of hydrogen-bond acceptors (Lipinski definition) is 6. The predicted octanol–water partition coefficient (Wildman–Crippen LogP) is 3.94. The van der Waals surface area contributed by atoms with Crippen LogP contribution in [0.5, 0.6) is 17.4 Å². The molecule has 0 aliphatic heterocycles. The molecule has 0 aliphatic rings. The normalized spacial score (nSPS) is 13.5. The molecule has 9 heteroatoms. The van der Waals surface area contributed by atoms with Gasteiger partial charge in [-0.15, -0.1) is 0 Å². The highest BCUT2D eigenvalue weighted by atomic mass is 19.4. The van der Waals surface area contributed by atoms with Gasteiger partial charge in [0, 0.05) is 12.3 Å². The van der Waals surface area contributed by atoms with Gasteiger partial charge >= 0.3 is 12.1 Å². The third kappa shape index (κ3) is 6.41. The van der Waals surface area contributed by atoms with Crippen LogP contribution in [-0.4, -0.2) is 29.7 Å². The van der Waals surface area contributed by atoms with Crippen molar-refractivity contribution in [1.29, 1.82) is 0 Å². The van der Waals surface area contributed by atoms with Gasteiger partial charge in [-0.3, -0.25) is 4.79 Å². The summed E-state index contributed by atoms with van der Waals surface area (Å²) in [6, 6.07) is 7.90. The number of aromatic nitrogens is 1. The van der Waals surface area contributed by atoms with Crippen LogP contribution >= 0.6 is 0 Å². The van der Waals surface area contributed by atoms with Gasteiger partial charge in [0.15, 0.2) is 0 Å². The fourth-order valence-electron chi connectivity index (χ4n) is 2.20. The zero-order valence-corrected chi connectivity index (χ0v) is 15.4. The highest BCUT2D eigenvalue weighted by molar-refractivity contribution is 5.70. The molecule has 0 bridgehead atoms. The molecule has 2 N–H and O–H groups in total. The van der Waals surface area contributed by atoms with Crippen molar-refractivity contribution in [3.63, 3.8) is 0 Å². The minimum Gasteiger partial charge on any atom is -0.489 e. The summed E-state index contributed by atoms with van der Waals surface area (Å²) in [7, 11) is 0. The molecule has 2 atom stereocenters. The minimum absolute atomic E-state index is 0.0338. The molecule has 0 saturated heterocycles. The Morgan fingerprint density at radius 3 is 2.32 bits per heavy atom. The van der Waals surface area contributed by atoms with E-state index in [4.69, 9.17) is 19.9 Å². The number of carbonyl (C=O) groups is 1. The monoisotopic (exact) mass is 398 g/mol. The van der Waals surface area contributed by atoms with E-state index < -0.39 is 29.9 Å². The molecule has 0 radical (unpaired) electrons. The number of benzene rings is 1. The number of hydrogen-bond donors (Lipinski definition) is 1. The van der Waals surface area contributed by atoms with Crippen LogP contribution in [0.4, 0.5) is 13.2 Å². The SMILES string of the molecule is CCOC(=O)CC(N)C(C)Oc1ccc(Oc2ccc(C(F)(F)F)cn2)cc1. The summed E-state index contributed by atoms with van der Waals surface area (Å²) in [5, 5.41) is 0. The Hall–Kier alpha value is -2.81. The van der Waals surface area contributed by atoms with Crippen LogP contribution in [0, 0.1) is 0 Å². The van der Waals surface area contributed by atoms with Gasteiger partial charge in [0.2, 0.25) is 5.88 Å². The second kappa shape index (κ2) is 9.41. The topological polar surface area (TPSA) is 83.7 Å². The van der Waals surface area contributed by atoms with Gasteiger partial charge in [0.1, 0.15) is 17.6 Å². The van der Waals surface area contributed by atoms with Gasteiger partial charge in [-0.2, -0.15) is 13.2 Å². The lowest BCUT2D eigenvalue weighted by molar-refractivity contribution is -0.144. The van der Waals surface area contributed by atoms with Crippen LogP contribution < -0.4 is 15.2 Å². The third-order valence-corrected chi connectivity index (χ3v) is 3.74. The Bertz CT molecular complexity index is 764. The van der Waals surface area contributed by atoms with E-state index in [1.54, 1.807) is 38.1 Å².